The maximum Gasteiger partial charge on any atom is 0.257 e. The molecule has 0 spiro atoms. The second-order valence-electron chi connectivity index (χ2n) is 12.3. The average molecular weight is 502 g/mol. The number of guanidine groups is 1. The number of carbonyl (C=O) groups is 1. The van der Waals surface area contributed by atoms with Crippen molar-refractivity contribution < 1.29 is 4.79 Å². The molecule has 0 saturated carbocycles. The Hall–Kier alpha value is -2.73. The molecule has 1 amide bonds. The predicted molar refractivity (Wildman–Crippen MR) is 150 cm³/mol. The van der Waals surface area contributed by atoms with E-state index in [1.165, 1.54) is 27.8 Å². The van der Waals surface area contributed by atoms with E-state index >= 15 is 0 Å². The normalized spacial score (nSPS) is 24.8. The van der Waals surface area contributed by atoms with Crippen LogP contribution in [0.3, 0.4) is 0 Å². The quantitative estimate of drug-likeness (QED) is 0.600. The van der Waals surface area contributed by atoms with Crippen LogP contribution in [-0.4, -0.2) is 51.8 Å². The molecule has 5 rings (SSSR count). The standard InChI is InChI=1S/C31H43N5O/c1-20(2)17-31(5)29(37)36(30(32)34-31)19-22-11-14-35(15-12-22)28-26-9-8-24(21(3)4)16-25(26)7-6-23-10-13-33-18-27(23)28/h8-10,13,16,18,20-22,28H,6-7,11-12,14-15,17,19H2,1-5H3,(H2,32,34). The van der Waals surface area contributed by atoms with Gasteiger partial charge in [0.15, 0.2) is 5.96 Å². The molecule has 1 fully saturated rings. The van der Waals surface area contributed by atoms with E-state index in [1.807, 2.05) is 13.1 Å². The summed E-state index contributed by atoms with van der Waals surface area (Å²) in [5, 5.41) is 0. The van der Waals surface area contributed by atoms with Gasteiger partial charge < -0.3 is 5.73 Å². The SMILES string of the molecule is CC(C)CC1(C)N=C(N)N(CC2CCN(C3c4ccc(C(C)C)cc4CCc4ccncc43)CC2)C1=O. The number of amides is 1. The van der Waals surface area contributed by atoms with Crippen LogP contribution in [-0.2, 0) is 17.6 Å². The monoisotopic (exact) mass is 501 g/mol. The van der Waals surface area contributed by atoms with E-state index in [1.54, 1.807) is 4.90 Å². The molecule has 1 aromatic heterocycles. The van der Waals surface area contributed by atoms with Crippen molar-refractivity contribution in [3.63, 3.8) is 0 Å². The molecular weight excluding hydrogens is 458 g/mol. The fourth-order valence-electron chi connectivity index (χ4n) is 6.72. The lowest BCUT2D eigenvalue weighted by atomic mass is 9.88. The summed E-state index contributed by atoms with van der Waals surface area (Å²) in [6.07, 6.45) is 8.98. The maximum absolute atomic E-state index is 13.3. The molecule has 2 unspecified atom stereocenters. The van der Waals surface area contributed by atoms with Crippen LogP contribution < -0.4 is 5.73 Å². The highest BCUT2D eigenvalue weighted by Gasteiger charge is 2.45. The Morgan fingerprint density at radius 2 is 1.78 bits per heavy atom. The number of aliphatic imine (C=N–C) groups is 1. The van der Waals surface area contributed by atoms with Crippen LogP contribution in [0.15, 0.2) is 41.7 Å². The molecule has 6 nitrogen and oxygen atoms in total. The van der Waals surface area contributed by atoms with Gasteiger partial charge in [-0.05, 0) is 104 Å². The zero-order chi connectivity index (χ0) is 26.3. The molecule has 6 heteroatoms. The van der Waals surface area contributed by atoms with Crippen LogP contribution in [0.5, 0.6) is 0 Å². The van der Waals surface area contributed by atoms with Crippen molar-refractivity contribution in [2.24, 2.45) is 22.6 Å². The number of fused-ring (bicyclic) bond motifs is 2. The van der Waals surface area contributed by atoms with Crippen molar-refractivity contribution in [1.29, 1.82) is 0 Å². The number of piperidine rings is 1. The lowest BCUT2D eigenvalue weighted by Crippen LogP contribution is -2.47. The Labute approximate surface area is 222 Å². The van der Waals surface area contributed by atoms with Gasteiger partial charge in [-0.1, -0.05) is 45.9 Å². The summed E-state index contributed by atoms with van der Waals surface area (Å²) in [5.41, 5.74) is 12.7. The van der Waals surface area contributed by atoms with Crippen LogP contribution in [0, 0.1) is 11.8 Å². The predicted octanol–water partition coefficient (Wildman–Crippen LogP) is 5.07. The largest absolute Gasteiger partial charge is 0.369 e. The number of carbonyl (C=O) groups excluding carboxylic acids is 1. The first kappa shape index (κ1) is 25.9. The zero-order valence-electron chi connectivity index (χ0n) is 23.2. The van der Waals surface area contributed by atoms with Crippen LogP contribution >= 0.6 is 0 Å². The third-order valence-electron chi connectivity index (χ3n) is 8.64. The Kier molecular flexibility index (Phi) is 7.14. The summed E-state index contributed by atoms with van der Waals surface area (Å²) in [4.78, 5) is 26.8. The van der Waals surface area contributed by atoms with E-state index in [0.717, 1.165) is 45.2 Å². The van der Waals surface area contributed by atoms with Crippen molar-refractivity contribution in [1.82, 2.24) is 14.8 Å². The van der Waals surface area contributed by atoms with Gasteiger partial charge in [-0.2, -0.15) is 0 Å². The topological polar surface area (TPSA) is 74.8 Å². The van der Waals surface area contributed by atoms with Crippen molar-refractivity contribution in [3.8, 4) is 0 Å². The lowest BCUT2D eigenvalue weighted by Gasteiger charge is -2.39. The summed E-state index contributed by atoms with van der Waals surface area (Å²) < 4.78 is 0. The minimum Gasteiger partial charge on any atom is -0.369 e. The van der Waals surface area contributed by atoms with Gasteiger partial charge in [-0.3, -0.25) is 19.6 Å². The molecule has 3 heterocycles. The molecule has 0 radical (unpaired) electrons. The second kappa shape index (κ2) is 10.2. The van der Waals surface area contributed by atoms with Gasteiger partial charge >= 0.3 is 0 Å². The van der Waals surface area contributed by atoms with Crippen LogP contribution in [0.4, 0.5) is 0 Å². The Bertz CT molecular complexity index is 1180. The third-order valence-corrected chi connectivity index (χ3v) is 8.64. The number of aryl methyl sites for hydroxylation is 2. The highest BCUT2D eigenvalue weighted by molar-refractivity contribution is 6.06. The molecule has 3 aliphatic rings. The van der Waals surface area contributed by atoms with Crippen molar-refractivity contribution in [2.75, 3.05) is 19.6 Å². The molecule has 1 aliphatic carbocycles. The molecular formula is C31H43N5O. The first-order chi connectivity index (χ1) is 17.7. The molecule has 2 aliphatic heterocycles. The number of hydrogen-bond donors (Lipinski definition) is 1. The van der Waals surface area contributed by atoms with Gasteiger partial charge in [0.2, 0.25) is 0 Å². The van der Waals surface area contributed by atoms with E-state index in [0.29, 0.717) is 30.3 Å². The van der Waals surface area contributed by atoms with Gasteiger partial charge in [0.05, 0.1) is 6.04 Å². The lowest BCUT2D eigenvalue weighted by molar-refractivity contribution is -0.131. The molecule has 37 heavy (non-hydrogen) atoms. The van der Waals surface area contributed by atoms with Crippen molar-refractivity contribution >= 4 is 11.9 Å². The van der Waals surface area contributed by atoms with Gasteiger partial charge in [0, 0.05) is 18.9 Å². The number of aromatic nitrogens is 1. The van der Waals surface area contributed by atoms with E-state index in [2.05, 4.69) is 73.0 Å². The number of likely N-dealkylation sites (tertiary alicyclic amines) is 1. The number of hydrogen-bond acceptors (Lipinski definition) is 5. The Morgan fingerprint density at radius 3 is 2.49 bits per heavy atom. The van der Waals surface area contributed by atoms with Gasteiger partial charge in [-0.25, -0.2) is 4.99 Å². The molecule has 1 aromatic carbocycles. The summed E-state index contributed by atoms with van der Waals surface area (Å²) in [7, 11) is 0. The molecule has 1 saturated heterocycles. The Balaban J connectivity index is 1.33. The summed E-state index contributed by atoms with van der Waals surface area (Å²) >= 11 is 0. The smallest absolute Gasteiger partial charge is 0.257 e. The maximum atomic E-state index is 13.3. The van der Waals surface area contributed by atoms with Crippen LogP contribution in [0.1, 0.15) is 93.7 Å². The number of nitrogens with two attached hydrogens (primary N) is 1. The fourth-order valence-corrected chi connectivity index (χ4v) is 6.72. The second-order valence-corrected chi connectivity index (χ2v) is 12.3. The number of nitrogens with zero attached hydrogens (tertiary/aromatic N) is 4. The number of rotatable bonds is 6. The summed E-state index contributed by atoms with van der Waals surface area (Å²) in [6.45, 7) is 13.4. The summed E-state index contributed by atoms with van der Waals surface area (Å²) in [5.74, 6) is 1.81. The summed E-state index contributed by atoms with van der Waals surface area (Å²) in [6, 6.07) is 9.57. The van der Waals surface area contributed by atoms with Crippen LogP contribution in [0.2, 0.25) is 0 Å². The molecule has 2 aromatic rings. The van der Waals surface area contributed by atoms with Crippen molar-refractivity contribution in [3.05, 3.63) is 64.5 Å². The van der Waals surface area contributed by atoms with E-state index in [9.17, 15) is 4.79 Å². The van der Waals surface area contributed by atoms with Gasteiger partial charge in [0.1, 0.15) is 5.54 Å². The third kappa shape index (κ3) is 5.05. The minimum atomic E-state index is -0.714. The number of pyridine rings is 1. The Morgan fingerprint density at radius 1 is 1.05 bits per heavy atom. The molecule has 0 bridgehead atoms. The van der Waals surface area contributed by atoms with E-state index < -0.39 is 5.54 Å². The molecule has 2 atom stereocenters. The first-order valence-electron chi connectivity index (χ1n) is 14.1. The van der Waals surface area contributed by atoms with Crippen LogP contribution in [0.25, 0.3) is 0 Å². The van der Waals surface area contributed by atoms with Gasteiger partial charge in [-0.15, -0.1) is 0 Å². The first-order valence-corrected chi connectivity index (χ1v) is 14.1. The highest BCUT2D eigenvalue weighted by Crippen LogP contribution is 2.39. The van der Waals surface area contributed by atoms with E-state index in [-0.39, 0.29) is 11.9 Å². The molecule has 198 valence electrons. The van der Waals surface area contributed by atoms with Crippen molar-refractivity contribution in [2.45, 2.75) is 84.2 Å². The minimum absolute atomic E-state index is 0.0692. The number of benzene rings is 1. The zero-order valence-corrected chi connectivity index (χ0v) is 23.2. The fraction of sp³-hybridized carbons (Fsp3) is 0.581. The van der Waals surface area contributed by atoms with E-state index in [4.69, 9.17) is 5.73 Å². The average Bonchev–Trinajstić information content (AvgIpc) is 2.99. The highest BCUT2D eigenvalue weighted by atomic mass is 16.2. The van der Waals surface area contributed by atoms with Gasteiger partial charge in [0.25, 0.3) is 5.91 Å². The molecule has 2 N–H and O–H groups in total.